The average Bonchev–Trinajstić information content (AvgIpc) is 2.54. The van der Waals surface area contributed by atoms with Crippen molar-refractivity contribution in [3.05, 3.63) is 22.3 Å². The maximum absolute atomic E-state index is 6.30. The lowest BCUT2D eigenvalue weighted by Gasteiger charge is -2.32. The molecule has 19 heavy (non-hydrogen) atoms. The maximum Gasteiger partial charge on any atom is 0.147 e. The van der Waals surface area contributed by atoms with E-state index in [4.69, 9.17) is 34.8 Å². The van der Waals surface area contributed by atoms with Gasteiger partial charge in [-0.2, -0.15) is 0 Å². The topological polar surface area (TPSA) is 16.1 Å². The van der Waals surface area contributed by atoms with Crippen molar-refractivity contribution in [2.24, 2.45) is 0 Å². The molecule has 2 heterocycles. The minimum absolute atomic E-state index is 0.164. The lowest BCUT2D eigenvalue weighted by atomic mass is 10.0. The highest BCUT2D eigenvalue weighted by Gasteiger charge is 2.25. The van der Waals surface area contributed by atoms with Crippen LogP contribution in [0.2, 0.25) is 10.0 Å². The molecule has 0 aliphatic carbocycles. The third-order valence-electron chi connectivity index (χ3n) is 3.53. The first-order valence-corrected chi connectivity index (χ1v) is 7.99. The minimum Gasteiger partial charge on any atom is -0.352 e. The zero-order chi connectivity index (χ0) is 13.8. The first kappa shape index (κ1) is 15.2. The van der Waals surface area contributed by atoms with Gasteiger partial charge in [0, 0.05) is 24.2 Å². The summed E-state index contributed by atoms with van der Waals surface area (Å²) >= 11 is 18.4. The molecular weight excluding hydrogens is 303 g/mol. The molecule has 2 nitrogen and oxygen atoms in total. The molecule has 0 amide bonds. The third kappa shape index (κ3) is 4.14. The SMILES string of the molecule is CC(Cl)CC1CCCCCN1c1ncc(Cl)cc1Cl. The van der Waals surface area contributed by atoms with E-state index >= 15 is 0 Å². The Morgan fingerprint density at radius 2 is 2.16 bits per heavy atom. The van der Waals surface area contributed by atoms with Crippen LogP contribution in [-0.4, -0.2) is 22.9 Å². The Hall–Kier alpha value is -0.180. The average molecular weight is 322 g/mol. The molecule has 1 saturated heterocycles. The van der Waals surface area contributed by atoms with Gasteiger partial charge in [0.1, 0.15) is 5.82 Å². The quantitative estimate of drug-likeness (QED) is 0.715. The van der Waals surface area contributed by atoms with Gasteiger partial charge in [-0.15, -0.1) is 11.6 Å². The van der Waals surface area contributed by atoms with Crippen LogP contribution in [0.4, 0.5) is 5.82 Å². The predicted molar refractivity (Wildman–Crippen MR) is 83.8 cm³/mol. The van der Waals surface area contributed by atoms with E-state index in [2.05, 4.69) is 9.88 Å². The molecule has 0 bridgehead atoms. The van der Waals surface area contributed by atoms with Gasteiger partial charge in [-0.05, 0) is 32.3 Å². The number of aromatic nitrogens is 1. The van der Waals surface area contributed by atoms with Crippen LogP contribution in [0.15, 0.2) is 12.3 Å². The van der Waals surface area contributed by atoms with Crippen molar-refractivity contribution in [1.82, 2.24) is 4.98 Å². The van der Waals surface area contributed by atoms with E-state index in [1.807, 2.05) is 6.92 Å². The standard InChI is InChI=1S/C14H19Cl3N2/c1-10(15)7-12-5-3-2-4-6-19(12)14-13(17)8-11(16)9-18-14/h8-10,12H,2-7H2,1H3. The van der Waals surface area contributed by atoms with E-state index in [-0.39, 0.29) is 5.38 Å². The number of hydrogen-bond donors (Lipinski definition) is 0. The highest BCUT2D eigenvalue weighted by Crippen LogP contribution is 2.32. The Morgan fingerprint density at radius 3 is 2.84 bits per heavy atom. The lowest BCUT2D eigenvalue weighted by molar-refractivity contribution is 0.527. The first-order valence-electron chi connectivity index (χ1n) is 6.79. The second-order valence-corrected chi connectivity index (χ2v) is 6.76. The number of hydrogen-bond acceptors (Lipinski definition) is 2. The number of rotatable bonds is 3. The molecule has 2 unspecified atom stereocenters. The highest BCUT2D eigenvalue weighted by atomic mass is 35.5. The fourth-order valence-electron chi connectivity index (χ4n) is 2.69. The zero-order valence-electron chi connectivity index (χ0n) is 11.1. The summed E-state index contributed by atoms with van der Waals surface area (Å²) in [6.07, 6.45) is 7.45. The molecule has 2 atom stereocenters. The van der Waals surface area contributed by atoms with Crippen LogP contribution in [-0.2, 0) is 0 Å². The Morgan fingerprint density at radius 1 is 1.37 bits per heavy atom. The van der Waals surface area contributed by atoms with Gasteiger partial charge >= 0.3 is 0 Å². The van der Waals surface area contributed by atoms with Gasteiger partial charge in [0.05, 0.1) is 10.0 Å². The maximum atomic E-state index is 6.30. The Bertz CT molecular complexity index is 423. The number of nitrogens with zero attached hydrogens (tertiary/aromatic N) is 2. The number of anilines is 1. The molecule has 1 aliphatic rings. The van der Waals surface area contributed by atoms with Crippen molar-refractivity contribution in [2.75, 3.05) is 11.4 Å². The fourth-order valence-corrected chi connectivity index (χ4v) is 3.39. The smallest absolute Gasteiger partial charge is 0.147 e. The van der Waals surface area contributed by atoms with Crippen molar-refractivity contribution in [3.8, 4) is 0 Å². The Balaban J connectivity index is 2.25. The molecule has 5 heteroatoms. The molecule has 0 radical (unpaired) electrons. The van der Waals surface area contributed by atoms with E-state index in [0.29, 0.717) is 16.1 Å². The van der Waals surface area contributed by atoms with Crippen LogP contribution >= 0.6 is 34.8 Å². The van der Waals surface area contributed by atoms with Crippen LogP contribution < -0.4 is 4.90 Å². The van der Waals surface area contributed by atoms with E-state index in [1.54, 1.807) is 12.3 Å². The van der Waals surface area contributed by atoms with Crippen LogP contribution in [0.5, 0.6) is 0 Å². The van der Waals surface area contributed by atoms with Crippen molar-refractivity contribution >= 4 is 40.6 Å². The van der Waals surface area contributed by atoms with Crippen molar-refractivity contribution in [3.63, 3.8) is 0 Å². The van der Waals surface area contributed by atoms with Gasteiger partial charge < -0.3 is 4.90 Å². The summed E-state index contributed by atoms with van der Waals surface area (Å²) in [5.74, 6) is 0.843. The van der Waals surface area contributed by atoms with Gasteiger partial charge in [-0.3, -0.25) is 0 Å². The summed E-state index contributed by atoms with van der Waals surface area (Å²) in [6.45, 7) is 3.03. The lowest BCUT2D eigenvalue weighted by Crippen LogP contribution is -2.37. The fraction of sp³-hybridized carbons (Fsp3) is 0.643. The summed E-state index contributed by atoms with van der Waals surface area (Å²) in [5.41, 5.74) is 0. The second-order valence-electron chi connectivity index (χ2n) is 5.17. The molecule has 2 rings (SSSR count). The summed E-state index contributed by atoms with van der Waals surface area (Å²) < 4.78 is 0. The van der Waals surface area contributed by atoms with E-state index in [9.17, 15) is 0 Å². The molecule has 0 aromatic carbocycles. The van der Waals surface area contributed by atoms with E-state index in [0.717, 1.165) is 25.2 Å². The highest BCUT2D eigenvalue weighted by molar-refractivity contribution is 6.36. The Labute approximate surface area is 130 Å². The zero-order valence-corrected chi connectivity index (χ0v) is 13.3. The molecular formula is C14H19Cl3N2. The van der Waals surface area contributed by atoms with E-state index in [1.165, 1.54) is 19.3 Å². The van der Waals surface area contributed by atoms with Crippen molar-refractivity contribution in [2.45, 2.75) is 50.4 Å². The van der Waals surface area contributed by atoms with Gasteiger partial charge in [-0.1, -0.05) is 36.0 Å². The normalized spacial score (nSPS) is 22.1. The molecule has 0 N–H and O–H groups in total. The molecule has 1 aromatic heterocycles. The molecule has 106 valence electrons. The summed E-state index contributed by atoms with van der Waals surface area (Å²) in [4.78, 5) is 6.73. The van der Waals surface area contributed by atoms with Gasteiger partial charge in [0.2, 0.25) is 0 Å². The van der Waals surface area contributed by atoms with Crippen molar-refractivity contribution in [1.29, 1.82) is 0 Å². The molecule has 1 fully saturated rings. The van der Waals surface area contributed by atoms with Gasteiger partial charge in [0.25, 0.3) is 0 Å². The van der Waals surface area contributed by atoms with Crippen LogP contribution in [0.3, 0.4) is 0 Å². The van der Waals surface area contributed by atoms with Gasteiger partial charge in [-0.25, -0.2) is 4.98 Å². The molecule has 0 spiro atoms. The monoisotopic (exact) mass is 320 g/mol. The van der Waals surface area contributed by atoms with Crippen LogP contribution in [0.25, 0.3) is 0 Å². The molecule has 0 saturated carbocycles. The summed E-state index contributed by atoms with van der Waals surface area (Å²) in [7, 11) is 0. The largest absolute Gasteiger partial charge is 0.352 e. The summed E-state index contributed by atoms with van der Waals surface area (Å²) in [6, 6.07) is 2.18. The summed E-state index contributed by atoms with van der Waals surface area (Å²) in [5, 5.41) is 1.36. The predicted octanol–water partition coefficient (Wildman–Crippen LogP) is 5.15. The number of halogens is 3. The second kappa shape index (κ2) is 7.01. The van der Waals surface area contributed by atoms with Crippen LogP contribution in [0, 0.1) is 0 Å². The van der Waals surface area contributed by atoms with Crippen LogP contribution in [0.1, 0.15) is 39.0 Å². The molecule has 1 aliphatic heterocycles. The van der Waals surface area contributed by atoms with Crippen molar-refractivity contribution < 1.29 is 0 Å². The number of alkyl halides is 1. The minimum atomic E-state index is 0.164. The van der Waals surface area contributed by atoms with E-state index < -0.39 is 0 Å². The van der Waals surface area contributed by atoms with Gasteiger partial charge in [0.15, 0.2) is 0 Å². The third-order valence-corrected chi connectivity index (χ3v) is 4.20. The first-order chi connectivity index (χ1) is 9.08. The number of pyridine rings is 1. The molecule has 1 aromatic rings. The Kier molecular flexibility index (Phi) is 5.61.